The van der Waals surface area contributed by atoms with Gasteiger partial charge in [-0.1, -0.05) is 0 Å². The molecule has 6 nitrogen and oxygen atoms in total. The first-order valence-electron chi connectivity index (χ1n) is 7.24. The van der Waals surface area contributed by atoms with Crippen LogP contribution in [0.2, 0.25) is 0 Å². The molecule has 110 valence electrons. The monoisotopic (exact) mass is 285 g/mol. The Balaban J connectivity index is 1.56. The maximum atomic E-state index is 11.9. The highest BCUT2D eigenvalue weighted by atomic mass is 16.1. The second-order valence-corrected chi connectivity index (χ2v) is 5.47. The van der Waals surface area contributed by atoms with Gasteiger partial charge in [-0.05, 0) is 26.7 Å². The zero-order valence-corrected chi connectivity index (χ0v) is 12.3. The molecule has 0 unspecified atom stereocenters. The molecule has 1 N–H and O–H groups in total. The summed E-state index contributed by atoms with van der Waals surface area (Å²) in [5, 5.41) is 2.87. The molecule has 1 fully saturated rings. The van der Waals surface area contributed by atoms with Crippen LogP contribution >= 0.6 is 0 Å². The largest absolute Gasteiger partial charge is 0.350 e. The van der Waals surface area contributed by atoms with Gasteiger partial charge in [-0.15, -0.1) is 0 Å². The van der Waals surface area contributed by atoms with Crippen LogP contribution in [0.5, 0.6) is 0 Å². The van der Waals surface area contributed by atoms with Crippen molar-refractivity contribution in [2.24, 2.45) is 0 Å². The number of imidazole rings is 1. The molecule has 1 aliphatic rings. The number of carbonyl (C=O) groups excluding carboxylic acids is 1. The van der Waals surface area contributed by atoms with Gasteiger partial charge in [0.05, 0.1) is 11.9 Å². The Morgan fingerprint density at radius 1 is 1.24 bits per heavy atom. The third-order valence-corrected chi connectivity index (χ3v) is 3.62. The van der Waals surface area contributed by atoms with Crippen LogP contribution in [0.3, 0.4) is 0 Å². The molecule has 2 aromatic rings. The lowest BCUT2D eigenvalue weighted by atomic mass is 10.3. The molecule has 1 aliphatic carbocycles. The smallest absolute Gasteiger partial charge is 0.271 e. The Labute approximate surface area is 123 Å². The summed E-state index contributed by atoms with van der Waals surface area (Å²) in [6.07, 6.45) is 8.19. The van der Waals surface area contributed by atoms with Crippen molar-refractivity contribution in [3.05, 3.63) is 41.5 Å². The summed E-state index contributed by atoms with van der Waals surface area (Å²) in [7, 11) is 0. The van der Waals surface area contributed by atoms with Crippen LogP contribution in [0.25, 0.3) is 0 Å². The molecule has 0 aliphatic heterocycles. The minimum atomic E-state index is -0.191. The second-order valence-electron chi connectivity index (χ2n) is 5.47. The number of nitrogens with zero attached hydrogens (tertiary/aromatic N) is 4. The van der Waals surface area contributed by atoms with Gasteiger partial charge in [-0.2, -0.15) is 0 Å². The first-order chi connectivity index (χ1) is 10.1. The van der Waals surface area contributed by atoms with Gasteiger partial charge in [-0.3, -0.25) is 9.78 Å². The van der Waals surface area contributed by atoms with E-state index in [4.69, 9.17) is 0 Å². The van der Waals surface area contributed by atoms with Gasteiger partial charge in [0.25, 0.3) is 5.91 Å². The van der Waals surface area contributed by atoms with Crippen LogP contribution in [0, 0.1) is 13.8 Å². The summed E-state index contributed by atoms with van der Waals surface area (Å²) in [6, 6.07) is 0.612. The van der Waals surface area contributed by atoms with Crippen LogP contribution in [-0.2, 0) is 6.42 Å². The fourth-order valence-corrected chi connectivity index (χ4v) is 2.40. The Morgan fingerprint density at radius 2 is 2.05 bits per heavy atom. The molecule has 1 amide bonds. The Morgan fingerprint density at radius 3 is 2.71 bits per heavy atom. The first-order valence-corrected chi connectivity index (χ1v) is 7.24. The van der Waals surface area contributed by atoms with E-state index in [1.807, 2.05) is 13.1 Å². The van der Waals surface area contributed by atoms with Gasteiger partial charge in [0, 0.05) is 37.1 Å². The molecular weight excluding hydrogens is 266 g/mol. The summed E-state index contributed by atoms with van der Waals surface area (Å²) in [5.74, 6) is 0.856. The van der Waals surface area contributed by atoms with E-state index in [0.717, 1.165) is 17.9 Å². The Bertz CT molecular complexity index is 643. The summed E-state index contributed by atoms with van der Waals surface area (Å²) >= 11 is 0. The quantitative estimate of drug-likeness (QED) is 0.905. The minimum absolute atomic E-state index is 0.191. The van der Waals surface area contributed by atoms with E-state index in [9.17, 15) is 4.79 Å². The first kappa shape index (κ1) is 13.7. The van der Waals surface area contributed by atoms with Crippen molar-refractivity contribution in [3.63, 3.8) is 0 Å². The van der Waals surface area contributed by atoms with E-state index < -0.39 is 0 Å². The van der Waals surface area contributed by atoms with Gasteiger partial charge < -0.3 is 9.88 Å². The van der Waals surface area contributed by atoms with Crippen molar-refractivity contribution in [2.45, 2.75) is 39.2 Å². The molecule has 2 heterocycles. The number of hydrogen-bond donors (Lipinski definition) is 1. The van der Waals surface area contributed by atoms with Gasteiger partial charge in [0.2, 0.25) is 0 Å². The third-order valence-electron chi connectivity index (χ3n) is 3.62. The summed E-state index contributed by atoms with van der Waals surface area (Å²) in [4.78, 5) is 24.5. The zero-order chi connectivity index (χ0) is 14.8. The number of rotatable bonds is 5. The number of hydrogen-bond acceptors (Lipinski definition) is 4. The van der Waals surface area contributed by atoms with E-state index >= 15 is 0 Å². The highest BCUT2D eigenvalue weighted by Crippen LogP contribution is 2.36. The lowest BCUT2D eigenvalue weighted by molar-refractivity contribution is 0.0948. The summed E-state index contributed by atoms with van der Waals surface area (Å²) in [5.41, 5.74) is 2.35. The van der Waals surface area contributed by atoms with Crippen molar-refractivity contribution in [2.75, 3.05) is 6.54 Å². The molecule has 0 radical (unpaired) electrons. The maximum absolute atomic E-state index is 11.9. The molecule has 21 heavy (non-hydrogen) atoms. The fraction of sp³-hybridized carbons (Fsp3) is 0.467. The van der Waals surface area contributed by atoms with Crippen LogP contribution in [-0.4, -0.2) is 32.0 Å². The van der Waals surface area contributed by atoms with Crippen molar-refractivity contribution < 1.29 is 4.79 Å². The molecule has 0 saturated heterocycles. The number of aryl methyl sites for hydroxylation is 2. The Hall–Kier alpha value is -2.24. The van der Waals surface area contributed by atoms with Crippen molar-refractivity contribution in [1.82, 2.24) is 24.8 Å². The predicted octanol–water partition coefficient (Wildman–Crippen LogP) is 1.60. The number of aromatic nitrogens is 4. The molecule has 1 saturated carbocycles. The van der Waals surface area contributed by atoms with Crippen LogP contribution in [0.1, 0.15) is 46.6 Å². The van der Waals surface area contributed by atoms with Crippen molar-refractivity contribution in [3.8, 4) is 0 Å². The fourth-order valence-electron chi connectivity index (χ4n) is 2.40. The molecule has 0 spiro atoms. The SMILES string of the molecule is Cc1cnc(C(=O)NCCc2ncc(C)n2C2CC2)cn1. The van der Waals surface area contributed by atoms with Crippen molar-refractivity contribution >= 4 is 5.91 Å². The molecular formula is C15H19N5O. The highest BCUT2D eigenvalue weighted by molar-refractivity contribution is 5.91. The second kappa shape index (κ2) is 5.63. The molecule has 0 aromatic carbocycles. The van der Waals surface area contributed by atoms with Gasteiger partial charge in [0.1, 0.15) is 11.5 Å². The Kier molecular flexibility index (Phi) is 3.68. The zero-order valence-electron chi connectivity index (χ0n) is 12.3. The predicted molar refractivity (Wildman–Crippen MR) is 78.0 cm³/mol. The standard InChI is InChI=1S/C15H19N5O/c1-10-7-18-13(9-17-10)15(21)16-6-5-14-19-8-11(2)20(14)12-3-4-12/h7-9,12H,3-6H2,1-2H3,(H,16,21). The van der Waals surface area contributed by atoms with E-state index in [2.05, 4.69) is 31.8 Å². The maximum Gasteiger partial charge on any atom is 0.271 e. The van der Waals surface area contributed by atoms with Gasteiger partial charge in [-0.25, -0.2) is 9.97 Å². The average Bonchev–Trinajstić information content (AvgIpc) is 3.24. The molecule has 3 rings (SSSR count). The minimum Gasteiger partial charge on any atom is -0.350 e. The molecule has 0 bridgehead atoms. The number of carbonyl (C=O) groups is 1. The number of amides is 1. The van der Waals surface area contributed by atoms with E-state index in [1.165, 1.54) is 24.7 Å². The topological polar surface area (TPSA) is 72.7 Å². The van der Waals surface area contributed by atoms with Gasteiger partial charge >= 0.3 is 0 Å². The summed E-state index contributed by atoms with van der Waals surface area (Å²) < 4.78 is 2.29. The van der Waals surface area contributed by atoms with E-state index in [1.54, 1.807) is 6.20 Å². The van der Waals surface area contributed by atoms with Crippen LogP contribution in [0.4, 0.5) is 0 Å². The number of nitrogens with one attached hydrogen (secondary N) is 1. The van der Waals surface area contributed by atoms with Crippen LogP contribution < -0.4 is 5.32 Å². The lowest BCUT2D eigenvalue weighted by Gasteiger charge is -2.09. The van der Waals surface area contributed by atoms with E-state index in [0.29, 0.717) is 18.3 Å². The van der Waals surface area contributed by atoms with E-state index in [-0.39, 0.29) is 5.91 Å². The van der Waals surface area contributed by atoms with Crippen LogP contribution in [0.15, 0.2) is 18.6 Å². The molecule has 6 heteroatoms. The highest BCUT2D eigenvalue weighted by Gasteiger charge is 2.26. The third kappa shape index (κ3) is 3.09. The lowest BCUT2D eigenvalue weighted by Crippen LogP contribution is -2.27. The average molecular weight is 285 g/mol. The molecule has 0 atom stereocenters. The summed E-state index contributed by atoms with van der Waals surface area (Å²) in [6.45, 7) is 4.47. The normalized spacial score (nSPS) is 14.2. The van der Waals surface area contributed by atoms with Gasteiger partial charge in [0.15, 0.2) is 0 Å². The van der Waals surface area contributed by atoms with Crippen molar-refractivity contribution in [1.29, 1.82) is 0 Å². The molecule has 2 aromatic heterocycles.